The second-order valence-electron chi connectivity index (χ2n) is 7.09. The number of hydrogen-bond donors (Lipinski definition) is 0. The Kier molecular flexibility index (Phi) is 5.34. The number of rotatable bonds is 6. The fourth-order valence-electron chi connectivity index (χ4n) is 3.66. The van der Waals surface area contributed by atoms with Crippen molar-refractivity contribution in [1.82, 2.24) is 14.3 Å². The van der Waals surface area contributed by atoms with Crippen molar-refractivity contribution in [3.05, 3.63) is 57.3 Å². The molecule has 0 aliphatic heterocycles. The van der Waals surface area contributed by atoms with Crippen molar-refractivity contribution in [3.8, 4) is 5.75 Å². The monoisotopic (exact) mass is 425 g/mol. The number of carbonyl (C=O) groups is 1. The maximum absolute atomic E-state index is 13.4. The highest BCUT2D eigenvalue weighted by Gasteiger charge is 2.23. The molecule has 3 heterocycles. The van der Waals surface area contributed by atoms with Crippen molar-refractivity contribution < 1.29 is 14.3 Å². The molecule has 7 nitrogen and oxygen atoms in total. The number of benzene rings is 1. The number of nitrogens with zero attached hydrogens (tertiary/aromatic N) is 3. The molecular formula is C22H23N3O4S. The van der Waals surface area contributed by atoms with E-state index in [2.05, 4.69) is 11.2 Å². The van der Waals surface area contributed by atoms with Gasteiger partial charge in [0, 0.05) is 16.8 Å². The first-order valence-corrected chi connectivity index (χ1v) is 10.6. The molecule has 1 atom stereocenters. The highest BCUT2D eigenvalue weighted by molar-refractivity contribution is 7.20. The fourth-order valence-corrected chi connectivity index (χ4v) is 4.68. The van der Waals surface area contributed by atoms with E-state index in [0.717, 1.165) is 31.8 Å². The normalized spacial score (nSPS) is 12.4. The van der Waals surface area contributed by atoms with Gasteiger partial charge in [-0.3, -0.25) is 4.79 Å². The molecule has 0 saturated heterocycles. The molecule has 0 amide bonds. The second kappa shape index (κ2) is 7.95. The van der Waals surface area contributed by atoms with Gasteiger partial charge in [0.05, 0.1) is 30.1 Å². The second-order valence-corrected chi connectivity index (χ2v) is 8.35. The van der Waals surface area contributed by atoms with Crippen molar-refractivity contribution in [2.45, 2.75) is 33.4 Å². The summed E-state index contributed by atoms with van der Waals surface area (Å²) in [7, 11) is 1.63. The standard InChI is InChI=1S/C22H23N3O4S/c1-5-29-22(27)14(3)25-21(26)19-17(11-23-25)20-18(9-13(2)30-20)24(19)12-15-7-6-8-16(10-15)28-4/h6-11,14H,5,12H2,1-4H3/t14-/m1/s1. The molecule has 0 radical (unpaired) electrons. The zero-order valence-corrected chi connectivity index (χ0v) is 18.2. The smallest absolute Gasteiger partial charge is 0.330 e. The van der Waals surface area contributed by atoms with Crippen LogP contribution in [0.2, 0.25) is 0 Å². The Morgan fingerprint density at radius 1 is 1.30 bits per heavy atom. The van der Waals surface area contributed by atoms with Gasteiger partial charge < -0.3 is 14.0 Å². The van der Waals surface area contributed by atoms with Crippen LogP contribution in [0.4, 0.5) is 0 Å². The number of thiophene rings is 1. The SMILES string of the molecule is CCOC(=O)[C@@H](C)n1ncc2c3sc(C)cc3n(Cc3cccc(OC)c3)c2c1=O. The van der Waals surface area contributed by atoms with Gasteiger partial charge in [0.2, 0.25) is 0 Å². The van der Waals surface area contributed by atoms with Crippen molar-refractivity contribution in [2.24, 2.45) is 0 Å². The van der Waals surface area contributed by atoms with Crippen molar-refractivity contribution >= 4 is 38.4 Å². The fraction of sp³-hybridized carbons (Fsp3) is 0.318. The molecule has 0 saturated carbocycles. The third kappa shape index (κ3) is 3.37. The number of hydrogen-bond acceptors (Lipinski definition) is 6. The summed E-state index contributed by atoms with van der Waals surface area (Å²) < 4.78 is 14.6. The number of ether oxygens (including phenoxy) is 2. The number of aromatic nitrogens is 3. The molecule has 156 valence electrons. The molecule has 0 aliphatic carbocycles. The molecule has 0 bridgehead atoms. The predicted octanol–water partition coefficient (Wildman–Crippen LogP) is 3.90. The number of methoxy groups -OCH3 is 1. The molecule has 3 aromatic heterocycles. The summed E-state index contributed by atoms with van der Waals surface area (Å²) in [5.74, 6) is 0.284. The Morgan fingerprint density at radius 2 is 2.10 bits per heavy atom. The van der Waals surface area contributed by atoms with E-state index in [-0.39, 0.29) is 12.2 Å². The third-order valence-corrected chi connectivity index (χ3v) is 6.16. The van der Waals surface area contributed by atoms with Crippen LogP contribution in [0.25, 0.3) is 21.1 Å². The van der Waals surface area contributed by atoms with Crippen LogP contribution in [0.3, 0.4) is 0 Å². The van der Waals surface area contributed by atoms with Gasteiger partial charge in [-0.25, -0.2) is 9.48 Å². The van der Waals surface area contributed by atoms with E-state index < -0.39 is 12.0 Å². The Hall–Kier alpha value is -3.13. The number of fused-ring (bicyclic) bond motifs is 3. The summed E-state index contributed by atoms with van der Waals surface area (Å²) in [6, 6.07) is 9.05. The minimum atomic E-state index is -0.804. The van der Waals surface area contributed by atoms with Gasteiger partial charge in [0.25, 0.3) is 5.56 Å². The zero-order valence-electron chi connectivity index (χ0n) is 17.3. The maximum atomic E-state index is 13.4. The highest BCUT2D eigenvalue weighted by Crippen LogP contribution is 2.34. The molecule has 0 spiro atoms. The first-order valence-electron chi connectivity index (χ1n) is 9.74. The largest absolute Gasteiger partial charge is 0.497 e. The summed E-state index contributed by atoms with van der Waals surface area (Å²) in [4.78, 5) is 26.8. The summed E-state index contributed by atoms with van der Waals surface area (Å²) in [6.45, 7) is 6.16. The zero-order chi connectivity index (χ0) is 21.4. The molecule has 0 unspecified atom stereocenters. The van der Waals surface area contributed by atoms with Crippen LogP contribution >= 0.6 is 11.3 Å². The molecule has 0 fully saturated rings. The van der Waals surface area contributed by atoms with E-state index in [1.807, 2.05) is 35.8 Å². The van der Waals surface area contributed by atoms with Crippen LogP contribution in [0.5, 0.6) is 5.75 Å². The van der Waals surface area contributed by atoms with Crippen LogP contribution in [0.15, 0.2) is 41.3 Å². The van der Waals surface area contributed by atoms with E-state index in [4.69, 9.17) is 9.47 Å². The van der Waals surface area contributed by atoms with E-state index in [1.165, 1.54) is 4.68 Å². The van der Waals surface area contributed by atoms with Gasteiger partial charge in [0.1, 0.15) is 11.3 Å². The van der Waals surface area contributed by atoms with Gasteiger partial charge in [-0.15, -0.1) is 11.3 Å². The lowest BCUT2D eigenvalue weighted by molar-refractivity contribution is -0.147. The van der Waals surface area contributed by atoms with Gasteiger partial charge in [0.15, 0.2) is 6.04 Å². The third-order valence-electron chi connectivity index (χ3n) is 5.09. The number of carbonyl (C=O) groups excluding carboxylic acids is 1. The molecule has 4 aromatic rings. The summed E-state index contributed by atoms with van der Waals surface area (Å²) in [6.07, 6.45) is 1.67. The Balaban J connectivity index is 1.92. The molecule has 1 aromatic carbocycles. The Morgan fingerprint density at radius 3 is 2.83 bits per heavy atom. The Labute approximate surface area is 177 Å². The molecule has 4 rings (SSSR count). The number of aryl methyl sites for hydroxylation is 1. The van der Waals surface area contributed by atoms with Gasteiger partial charge in [-0.1, -0.05) is 12.1 Å². The molecule has 8 heteroatoms. The van der Waals surface area contributed by atoms with E-state index in [1.54, 1.807) is 38.5 Å². The van der Waals surface area contributed by atoms with Gasteiger partial charge >= 0.3 is 5.97 Å². The molecular weight excluding hydrogens is 402 g/mol. The summed E-state index contributed by atoms with van der Waals surface area (Å²) in [5, 5.41) is 5.09. The lowest BCUT2D eigenvalue weighted by Gasteiger charge is -2.13. The van der Waals surface area contributed by atoms with Crippen LogP contribution in [0.1, 0.15) is 30.3 Å². The first-order chi connectivity index (χ1) is 14.4. The van der Waals surface area contributed by atoms with Crippen LogP contribution < -0.4 is 10.3 Å². The minimum absolute atomic E-state index is 0.251. The average molecular weight is 426 g/mol. The Bertz CT molecular complexity index is 1300. The van der Waals surface area contributed by atoms with E-state index >= 15 is 0 Å². The lowest BCUT2D eigenvalue weighted by atomic mass is 10.2. The average Bonchev–Trinajstić information content (AvgIpc) is 3.25. The van der Waals surface area contributed by atoms with Crippen molar-refractivity contribution in [3.63, 3.8) is 0 Å². The van der Waals surface area contributed by atoms with Crippen LogP contribution in [-0.4, -0.2) is 34.0 Å². The molecule has 30 heavy (non-hydrogen) atoms. The van der Waals surface area contributed by atoms with E-state index in [9.17, 15) is 9.59 Å². The summed E-state index contributed by atoms with van der Waals surface area (Å²) in [5.41, 5.74) is 2.22. The lowest BCUT2D eigenvalue weighted by Crippen LogP contribution is -2.32. The van der Waals surface area contributed by atoms with Crippen molar-refractivity contribution in [2.75, 3.05) is 13.7 Å². The van der Waals surface area contributed by atoms with Crippen LogP contribution in [0, 0.1) is 6.92 Å². The van der Waals surface area contributed by atoms with Gasteiger partial charge in [-0.05, 0) is 44.5 Å². The van der Waals surface area contributed by atoms with Crippen LogP contribution in [-0.2, 0) is 16.1 Å². The predicted molar refractivity (Wildman–Crippen MR) is 118 cm³/mol. The minimum Gasteiger partial charge on any atom is -0.497 e. The van der Waals surface area contributed by atoms with Crippen molar-refractivity contribution in [1.29, 1.82) is 0 Å². The topological polar surface area (TPSA) is 75.3 Å². The van der Waals surface area contributed by atoms with Gasteiger partial charge in [-0.2, -0.15) is 5.10 Å². The summed E-state index contributed by atoms with van der Waals surface area (Å²) >= 11 is 1.63. The molecule has 0 aliphatic rings. The highest BCUT2D eigenvalue weighted by atomic mass is 32.1. The number of esters is 1. The molecule has 0 N–H and O–H groups in total. The van der Waals surface area contributed by atoms with E-state index in [0.29, 0.717) is 12.1 Å². The quantitative estimate of drug-likeness (QED) is 0.438. The first kappa shape index (κ1) is 20.2. The maximum Gasteiger partial charge on any atom is 0.330 e.